The molecular formula is C21H18ClF2N3O3. The number of carbonyl (C=O) groups is 2. The van der Waals surface area contributed by atoms with Crippen LogP contribution in [0.3, 0.4) is 0 Å². The molecule has 0 aliphatic carbocycles. The minimum atomic E-state index is -1.17. The third kappa shape index (κ3) is 4.21. The van der Waals surface area contributed by atoms with Gasteiger partial charge in [-0.25, -0.2) is 18.4 Å². The first-order valence-electron chi connectivity index (χ1n) is 9.06. The predicted octanol–water partition coefficient (Wildman–Crippen LogP) is 3.78. The lowest BCUT2D eigenvalue weighted by Gasteiger charge is -2.23. The van der Waals surface area contributed by atoms with Gasteiger partial charge in [0.25, 0.3) is 0 Å². The van der Waals surface area contributed by atoms with Crippen molar-refractivity contribution in [1.29, 1.82) is 5.26 Å². The summed E-state index contributed by atoms with van der Waals surface area (Å²) in [6.45, 7) is 0.295. The molecule has 1 atom stereocenters. The van der Waals surface area contributed by atoms with Crippen molar-refractivity contribution in [2.24, 2.45) is 0 Å². The Morgan fingerprint density at radius 2 is 2.03 bits per heavy atom. The summed E-state index contributed by atoms with van der Waals surface area (Å²) in [5, 5.41) is 12.6. The Hall–Kier alpha value is -3.18. The van der Waals surface area contributed by atoms with Gasteiger partial charge in [-0.3, -0.25) is 0 Å². The van der Waals surface area contributed by atoms with Crippen molar-refractivity contribution in [2.75, 3.05) is 20.2 Å². The molecule has 2 aromatic rings. The van der Waals surface area contributed by atoms with Gasteiger partial charge in [0.15, 0.2) is 0 Å². The predicted molar refractivity (Wildman–Crippen MR) is 105 cm³/mol. The van der Waals surface area contributed by atoms with Crippen LogP contribution in [0.2, 0.25) is 5.02 Å². The number of hydrogen-bond acceptors (Lipinski definition) is 4. The molecule has 0 spiro atoms. The van der Waals surface area contributed by atoms with Crippen LogP contribution in [0.15, 0.2) is 36.4 Å². The molecule has 0 radical (unpaired) electrons. The molecule has 6 nitrogen and oxygen atoms in total. The molecule has 1 saturated heterocycles. The van der Waals surface area contributed by atoms with Crippen molar-refractivity contribution in [2.45, 2.75) is 18.4 Å². The van der Waals surface area contributed by atoms with Crippen LogP contribution >= 0.6 is 11.6 Å². The molecule has 0 saturated carbocycles. The molecule has 9 heteroatoms. The van der Waals surface area contributed by atoms with Gasteiger partial charge < -0.3 is 15.0 Å². The monoisotopic (exact) mass is 433 g/mol. The lowest BCUT2D eigenvalue weighted by molar-refractivity contribution is 0.0595. The quantitative estimate of drug-likeness (QED) is 0.744. The van der Waals surface area contributed by atoms with E-state index in [1.54, 1.807) is 0 Å². The minimum Gasteiger partial charge on any atom is -0.465 e. The normalized spacial score (nSPS) is 18.0. The fourth-order valence-electron chi connectivity index (χ4n) is 3.47. The first-order valence-corrected chi connectivity index (χ1v) is 9.44. The largest absolute Gasteiger partial charge is 0.465 e. The van der Waals surface area contributed by atoms with E-state index < -0.39 is 29.0 Å². The third-order valence-electron chi connectivity index (χ3n) is 5.10. The Bertz CT molecular complexity index is 1040. The summed E-state index contributed by atoms with van der Waals surface area (Å²) < 4.78 is 32.9. The van der Waals surface area contributed by atoms with E-state index in [2.05, 4.69) is 16.1 Å². The number of carbonyl (C=O) groups excluding carboxylic acids is 2. The van der Waals surface area contributed by atoms with E-state index in [0.29, 0.717) is 5.56 Å². The summed E-state index contributed by atoms with van der Waals surface area (Å²) in [5.41, 5.74) is -0.718. The van der Waals surface area contributed by atoms with Gasteiger partial charge in [0.05, 0.1) is 18.7 Å². The molecule has 1 aliphatic heterocycles. The van der Waals surface area contributed by atoms with Gasteiger partial charge in [0, 0.05) is 30.2 Å². The molecule has 1 heterocycles. The minimum absolute atomic E-state index is 0.0164. The molecule has 2 amide bonds. The van der Waals surface area contributed by atoms with E-state index in [1.807, 2.05) is 0 Å². The number of hydrogen-bond donors (Lipinski definition) is 1. The summed E-state index contributed by atoms with van der Waals surface area (Å²) in [4.78, 5) is 25.4. The lowest BCUT2D eigenvalue weighted by Crippen LogP contribution is -2.40. The van der Waals surface area contributed by atoms with Crippen molar-refractivity contribution in [3.8, 4) is 6.07 Å². The second kappa shape index (κ2) is 8.67. The number of ether oxygens (including phenoxy) is 1. The number of nitriles is 1. The number of nitrogens with zero attached hydrogens (tertiary/aromatic N) is 2. The van der Waals surface area contributed by atoms with Crippen LogP contribution in [0.1, 0.15) is 27.9 Å². The molecule has 1 fully saturated rings. The number of benzene rings is 2. The molecule has 2 aromatic carbocycles. The summed E-state index contributed by atoms with van der Waals surface area (Å²) in [6.07, 6.45) is 0.276. The highest BCUT2D eigenvalue weighted by Gasteiger charge is 2.43. The molecule has 3 rings (SSSR count). The Balaban J connectivity index is 1.67. The average Bonchev–Trinajstić information content (AvgIpc) is 3.17. The maximum absolute atomic E-state index is 14.4. The van der Waals surface area contributed by atoms with E-state index in [9.17, 15) is 23.6 Å². The average molecular weight is 434 g/mol. The lowest BCUT2D eigenvalue weighted by atomic mass is 9.81. The van der Waals surface area contributed by atoms with Crippen LogP contribution in [0.5, 0.6) is 0 Å². The molecule has 0 aromatic heterocycles. The number of likely N-dealkylation sites (tertiary alicyclic amines) is 1. The van der Waals surface area contributed by atoms with Crippen molar-refractivity contribution >= 4 is 23.6 Å². The number of methoxy groups -OCH3 is 1. The molecule has 1 aliphatic rings. The Kier molecular flexibility index (Phi) is 6.22. The zero-order valence-electron chi connectivity index (χ0n) is 16.0. The van der Waals surface area contributed by atoms with Gasteiger partial charge >= 0.3 is 12.0 Å². The first kappa shape index (κ1) is 21.5. The maximum atomic E-state index is 14.4. The van der Waals surface area contributed by atoms with E-state index in [4.69, 9.17) is 11.6 Å². The van der Waals surface area contributed by atoms with Gasteiger partial charge in [-0.2, -0.15) is 5.26 Å². The fraction of sp³-hybridized carbons (Fsp3) is 0.286. The van der Waals surface area contributed by atoms with Crippen LogP contribution in [0.4, 0.5) is 13.6 Å². The maximum Gasteiger partial charge on any atom is 0.340 e. The summed E-state index contributed by atoms with van der Waals surface area (Å²) >= 11 is 5.79. The topological polar surface area (TPSA) is 82.4 Å². The summed E-state index contributed by atoms with van der Waals surface area (Å²) in [7, 11) is 1.16. The fourth-order valence-corrected chi connectivity index (χ4v) is 3.62. The Labute approximate surface area is 177 Å². The van der Waals surface area contributed by atoms with Crippen molar-refractivity contribution in [3.05, 3.63) is 69.7 Å². The molecular weight excluding hydrogens is 416 g/mol. The summed E-state index contributed by atoms with van der Waals surface area (Å²) in [6, 6.07) is 9.72. The first-order chi connectivity index (χ1) is 14.3. The number of rotatable bonds is 4. The van der Waals surface area contributed by atoms with E-state index in [0.717, 1.165) is 19.2 Å². The van der Waals surface area contributed by atoms with Crippen LogP contribution in [0.25, 0.3) is 0 Å². The van der Waals surface area contributed by atoms with E-state index in [-0.39, 0.29) is 42.2 Å². The van der Waals surface area contributed by atoms with Crippen molar-refractivity contribution in [1.82, 2.24) is 10.2 Å². The second-order valence-corrected chi connectivity index (χ2v) is 7.39. The van der Waals surface area contributed by atoms with E-state index in [1.165, 1.54) is 29.2 Å². The van der Waals surface area contributed by atoms with E-state index >= 15 is 0 Å². The smallest absolute Gasteiger partial charge is 0.340 e. The second-order valence-electron chi connectivity index (χ2n) is 6.95. The zero-order chi connectivity index (χ0) is 21.9. The number of esters is 1. The van der Waals surface area contributed by atoms with Gasteiger partial charge in [-0.05, 0) is 36.2 Å². The standard InChI is InChI=1S/C21H18ClF2N3O3/c1-30-19(28)15-4-2-13(8-17(15)23)10-26-20(29)27-7-6-21(11-25,12-27)16-5-3-14(22)9-18(16)24/h2-5,8-9H,6-7,10,12H2,1H3,(H,26,29). The highest BCUT2D eigenvalue weighted by molar-refractivity contribution is 6.30. The number of amides is 2. The molecule has 1 unspecified atom stereocenters. The van der Waals surface area contributed by atoms with Gasteiger partial charge in [-0.15, -0.1) is 0 Å². The molecule has 30 heavy (non-hydrogen) atoms. The van der Waals surface area contributed by atoms with Gasteiger partial charge in [0.2, 0.25) is 0 Å². The third-order valence-corrected chi connectivity index (χ3v) is 5.33. The number of urea groups is 1. The van der Waals surface area contributed by atoms with Crippen molar-refractivity contribution in [3.63, 3.8) is 0 Å². The van der Waals surface area contributed by atoms with Crippen LogP contribution in [-0.4, -0.2) is 37.1 Å². The van der Waals surface area contributed by atoms with Crippen molar-refractivity contribution < 1.29 is 23.1 Å². The highest BCUT2D eigenvalue weighted by Crippen LogP contribution is 2.36. The highest BCUT2D eigenvalue weighted by atomic mass is 35.5. The number of nitrogens with one attached hydrogen (secondary N) is 1. The molecule has 156 valence electrons. The molecule has 0 bridgehead atoms. The van der Waals surface area contributed by atoms with Crippen LogP contribution in [-0.2, 0) is 16.7 Å². The van der Waals surface area contributed by atoms with Crippen LogP contribution in [0, 0.1) is 23.0 Å². The van der Waals surface area contributed by atoms with Gasteiger partial charge in [0.1, 0.15) is 17.0 Å². The Morgan fingerprint density at radius 1 is 1.27 bits per heavy atom. The SMILES string of the molecule is COC(=O)c1ccc(CNC(=O)N2CCC(C#N)(c3ccc(Cl)cc3F)C2)cc1F. The summed E-state index contributed by atoms with van der Waals surface area (Å²) in [5.74, 6) is -2.13. The Morgan fingerprint density at radius 3 is 2.67 bits per heavy atom. The van der Waals surface area contributed by atoms with Crippen LogP contribution < -0.4 is 5.32 Å². The van der Waals surface area contributed by atoms with Gasteiger partial charge in [-0.1, -0.05) is 23.7 Å². The number of halogens is 3. The zero-order valence-corrected chi connectivity index (χ0v) is 16.8. The molecule has 1 N–H and O–H groups in total.